The lowest BCUT2D eigenvalue weighted by Gasteiger charge is -2.50. The summed E-state index contributed by atoms with van der Waals surface area (Å²) in [5.41, 5.74) is 6.85. The minimum absolute atomic E-state index is 0.511. The lowest BCUT2D eigenvalue weighted by Crippen LogP contribution is -2.51. The first-order chi connectivity index (χ1) is 25.9. The standard InChI is InChI=1S/C47H52N6/c1-29-21-33-24-31(3)52(40(22-29)26-33)38-14-10-12-36(28-38)46-48-45(35-11-9-13-37(27-35)51-32(4)25-34-19-20-39(51)23-30(34)2)49-47(50-46)53-43-17-7-5-15-41(43)42-16-6-8-18-44(42)53/h5-18,27-34,39-40H,19-26H2,1-4H3. The first kappa shape index (κ1) is 32.9. The Hall–Kier alpha value is -4.71. The van der Waals surface area contributed by atoms with Crippen LogP contribution in [0.25, 0.3) is 50.5 Å². The van der Waals surface area contributed by atoms with Gasteiger partial charge in [-0.15, -0.1) is 0 Å². The number of hydrogen-bond acceptors (Lipinski definition) is 5. The van der Waals surface area contributed by atoms with Crippen LogP contribution in [0.4, 0.5) is 11.4 Å². The molecule has 8 unspecified atom stereocenters. The summed E-state index contributed by atoms with van der Waals surface area (Å²) in [4.78, 5) is 21.5. The van der Waals surface area contributed by atoms with E-state index in [1.54, 1.807) is 0 Å². The molecule has 0 N–H and O–H groups in total. The molecular formula is C47H52N6. The Bertz CT molecular complexity index is 2250. The number of nitrogens with zero attached hydrogens (tertiary/aromatic N) is 6. The SMILES string of the molecule is CC1CC2CC(C)N(c3cccc(-c4nc(-c5cccc(N6C(C)CC7CCC6CC7C)c5)nc(-n5c6ccccc6c6ccccc65)n4)c3)C(C1)C2. The highest BCUT2D eigenvalue weighted by Gasteiger charge is 2.40. The van der Waals surface area contributed by atoms with Crippen LogP contribution in [0.2, 0.25) is 0 Å². The zero-order chi connectivity index (χ0) is 35.8. The van der Waals surface area contributed by atoms with Crippen LogP contribution in [0.3, 0.4) is 0 Å². The molecule has 5 heterocycles. The fourth-order valence-electron chi connectivity index (χ4n) is 11.4. The summed E-state index contributed by atoms with van der Waals surface area (Å²) in [7, 11) is 0. The van der Waals surface area contributed by atoms with Crippen LogP contribution in [0.15, 0.2) is 97.1 Å². The molecule has 0 amide bonds. The zero-order valence-corrected chi connectivity index (χ0v) is 31.7. The van der Waals surface area contributed by atoms with Crippen LogP contribution in [0, 0.1) is 23.7 Å². The average Bonchev–Trinajstić information content (AvgIpc) is 3.33. The summed E-state index contributed by atoms with van der Waals surface area (Å²) < 4.78 is 2.24. The Balaban J connectivity index is 1.12. The van der Waals surface area contributed by atoms with Crippen molar-refractivity contribution in [3.8, 4) is 28.7 Å². The molecule has 2 aromatic heterocycles. The number of rotatable bonds is 5. The van der Waals surface area contributed by atoms with Crippen LogP contribution >= 0.6 is 0 Å². The number of benzene rings is 4. The second kappa shape index (κ2) is 13.0. The minimum Gasteiger partial charge on any atom is -0.366 e. The molecule has 53 heavy (non-hydrogen) atoms. The third kappa shape index (κ3) is 5.71. The van der Waals surface area contributed by atoms with E-state index < -0.39 is 0 Å². The monoisotopic (exact) mass is 700 g/mol. The second-order valence-electron chi connectivity index (χ2n) is 17.3. The van der Waals surface area contributed by atoms with Gasteiger partial charge in [0.1, 0.15) is 0 Å². The van der Waals surface area contributed by atoms with E-state index in [9.17, 15) is 0 Å². The average molecular weight is 701 g/mol. The molecule has 6 heteroatoms. The fourth-order valence-corrected chi connectivity index (χ4v) is 11.4. The van der Waals surface area contributed by atoms with E-state index in [1.807, 2.05) is 0 Å². The van der Waals surface area contributed by atoms with E-state index >= 15 is 0 Å². The van der Waals surface area contributed by atoms with Crippen molar-refractivity contribution in [3.63, 3.8) is 0 Å². The quantitative estimate of drug-likeness (QED) is 0.179. The summed E-state index contributed by atoms with van der Waals surface area (Å²) >= 11 is 0. The third-order valence-corrected chi connectivity index (χ3v) is 13.6. The molecule has 270 valence electrons. The highest BCUT2D eigenvalue weighted by Crippen LogP contribution is 2.45. The number of hydrogen-bond donors (Lipinski definition) is 0. The minimum atomic E-state index is 0.511. The summed E-state index contributed by atoms with van der Waals surface area (Å²) in [5.74, 6) is 5.35. The van der Waals surface area contributed by atoms with Crippen molar-refractivity contribution in [1.82, 2.24) is 19.5 Å². The van der Waals surface area contributed by atoms with E-state index in [0.29, 0.717) is 35.9 Å². The van der Waals surface area contributed by atoms with Gasteiger partial charge in [-0.05, 0) is 125 Å². The highest BCUT2D eigenvalue weighted by molar-refractivity contribution is 6.09. The Kier molecular flexibility index (Phi) is 8.07. The molecule has 11 rings (SSSR count). The first-order valence-electron chi connectivity index (χ1n) is 20.4. The fraction of sp³-hybridized carbons (Fsp3) is 0.426. The molecule has 0 radical (unpaired) electrons. The molecule has 2 saturated carbocycles. The largest absolute Gasteiger partial charge is 0.366 e. The summed E-state index contributed by atoms with van der Waals surface area (Å²) in [6.45, 7) is 9.77. The van der Waals surface area contributed by atoms with Crippen molar-refractivity contribution in [2.24, 2.45) is 23.7 Å². The lowest BCUT2D eigenvalue weighted by molar-refractivity contribution is 0.179. The van der Waals surface area contributed by atoms with Gasteiger partial charge in [-0.25, -0.2) is 4.98 Å². The number of aromatic nitrogens is 4. The molecule has 3 aliphatic heterocycles. The molecule has 6 nitrogen and oxygen atoms in total. The van der Waals surface area contributed by atoms with Gasteiger partial charge in [0, 0.05) is 57.4 Å². The molecule has 0 spiro atoms. The molecule has 8 atom stereocenters. The van der Waals surface area contributed by atoms with Crippen molar-refractivity contribution >= 4 is 33.2 Å². The molecule has 5 fully saturated rings. The van der Waals surface area contributed by atoms with Gasteiger partial charge in [0.15, 0.2) is 11.6 Å². The molecule has 5 aliphatic rings. The van der Waals surface area contributed by atoms with E-state index in [-0.39, 0.29) is 0 Å². The van der Waals surface area contributed by atoms with Gasteiger partial charge < -0.3 is 9.80 Å². The van der Waals surface area contributed by atoms with Crippen LogP contribution in [-0.4, -0.2) is 43.7 Å². The van der Waals surface area contributed by atoms with E-state index in [0.717, 1.165) is 51.7 Å². The first-order valence-corrected chi connectivity index (χ1v) is 20.4. The molecule has 4 bridgehead atoms. The molecule has 6 aromatic rings. The summed E-state index contributed by atoms with van der Waals surface area (Å²) in [5, 5.41) is 2.41. The topological polar surface area (TPSA) is 50.1 Å². The van der Waals surface area contributed by atoms with Crippen molar-refractivity contribution < 1.29 is 0 Å². The Morgan fingerprint density at radius 2 is 1.13 bits per heavy atom. The Morgan fingerprint density at radius 1 is 0.528 bits per heavy atom. The van der Waals surface area contributed by atoms with E-state index in [4.69, 9.17) is 15.0 Å². The zero-order valence-electron chi connectivity index (χ0n) is 31.7. The van der Waals surface area contributed by atoms with Crippen molar-refractivity contribution in [1.29, 1.82) is 0 Å². The lowest BCUT2D eigenvalue weighted by atomic mass is 9.72. The van der Waals surface area contributed by atoms with E-state index in [1.165, 1.54) is 73.5 Å². The summed E-state index contributed by atoms with van der Waals surface area (Å²) in [6.07, 6.45) is 10.4. The van der Waals surface area contributed by atoms with E-state index in [2.05, 4.69) is 139 Å². The molecular weight excluding hydrogens is 649 g/mol. The van der Waals surface area contributed by atoms with Crippen LogP contribution in [0.1, 0.15) is 79.1 Å². The molecule has 3 saturated heterocycles. The number of piperidine rings is 1. The second-order valence-corrected chi connectivity index (χ2v) is 17.3. The van der Waals surface area contributed by atoms with Crippen molar-refractivity contribution in [2.75, 3.05) is 9.80 Å². The maximum atomic E-state index is 5.34. The third-order valence-electron chi connectivity index (χ3n) is 13.6. The number of para-hydroxylation sites is 2. The normalized spacial score (nSPS) is 28.5. The van der Waals surface area contributed by atoms with Gasteiger partial charge in [-0.1, -0.05) is 74.5 Å². The van der Waals surface area contributed by atoms with Crippen molar-refractivity contribution in [3.05, 3.63) is 97.1 Å². The molecule has 2 aliphatic carbocycles. The van der Waals surface area contributed by atoms with Crippen LogP contribution in [0.5, 0.6) is 0 Å². The van der Waals surface area contributed by atoms with Gasteiger partial charge in [0.2, 0.25) is 5.95 Å². The van der Waals surface area contributed by atoms with Crippen molar-refractivity contribution in [2.45, 2.75) is 103 Å². The predicted octanol–water partition coefficient (Wildman–Crippen LogP) is 11.1. The van der Waals surface area contributed by atoms with Crippen LogP contribution < -0.4 is 9.80 Å². The van der Waals surface area contributed by atoms with Gasteiger partial charge in [-0.3, -0.25) is 4.57 Å². The van der Waals surface area contributed by atoms with Gasteiger partial charge in [0.25, 0.3) is 0 Å². The Labute approximate surface area is 314 Å². The Morgan fingerprint density at radius 3 is 1.77 bits per heavy atom. The molecule has 4 aromatic carbocycles. The van der Waals surface area contributed by atoms with Crippen LogP contribution in [-0.2, 0) is 0 Å². The van der Waals surface area contributed by atoms with Gasteiger partial charge >= 0.3 is 0 Å². The maximum absolute atomic E-state index is 5.34. The predicted molar refractivity (Wildman–Crippen MR) is 219 cm³/mol. The smallest absolute Gasteiger partial charge is 0.238 e. The number of anilines is 2. The maximum Gasteiger partial charge on any atom is 0.238 e. The summed E-state index contributed by atoms with van der Waals surface area (Å²) in [6, 6.07) is 37.5. The highest BCUT2D eigenvalue weighted by atomic mass is 15.2. The van der Waals surface area contributed by atoms with Gasteiger partial charge in [-0.2, -0.15) is 9.97 Å². The van der Waals surface area contributed by atoms with Gasteiger partial charge in [0.05, 0.1) is 11.0 Å². The number of fused-ring (bicyclic) bond motifs is 9.